The molecule has 6 heteroatoms. The number of benzene rings is 1. The molecule has 1 rings (SSSR count). The van der Waals surface area contributed by atoms with Crippen molar-refractivity contribution in [3.05, 3.63) is 27.7 Å². The van der Waals surface area contributed by atoms with Gasteiger partial charge in [-0.25, -0.2) is 0 Å². The smallest absolute Gasteiger partial charge is 0.297 e. The first kappa shape index (κ1) is 12.5. The van der Waals surface area contributed by atoms with Crippen LogP contribution in [0.2, 0.25) is 10.0 Å². The Hall–Kier alpha value is -0.580. The Labute approximate surface area is 95.4 Å². The quantitative estimate of drug-likeness (QED) is 0.901. The molecule has 0 aliphatic heterocycles. The van der Waals surface area contributed by atoms with E-state index in [1.807, 2.05) is 0 Å². The van der Waals surface area contributed by atoms with Crippen LogP contribution in [0, 0.1) is 0 Å². The van der Waals surface area contributed by atoms with Crippen LogP contribution in [0.25, 0.3) is 0 Å². The van der Waals surface area contributed by atoms with Crippen molar-refractivity contribution in [3.63, 3.8) is 0 Å². The lowest BCUT2D eigenvalue weighted by molar-refractivity contribution is -0.0555. The largest absolute Gasteiger partial charge is 0.495 e. The minimum atomic E-state index is -3.41. The van der Waals surface area contributed by atoms with Gasteiger partial charge in [-0.15, -0.1) is 0 Å². The topological polar surface area (TPSA) is 29.5 Å². The zero-order chi connectivity index (χ0) is 11.6. The van der Waals surface area contributed by atoms with Gasteiger partial charge in [0, 0.05) is 11.6 Å². The van der Waals surface area contributed by atoms with E-state index in [4.69, 9.17) is 33.0 Å². The SMILES string of the molecule is COc1cc(Cl)c(C(F)(F)CO)cc1Cl. The van der Waals surface area contributed by atoms with Gasteiger partial charge in [0.1, 0.15) is 12.4 Å². The molecular formula is C9H8Cl2F2O2. The van der Waals surface area contributed by atoms with Crippen LogP contribution in [-0.4, -0.2) is 18.8 Å². The van der Waals surface area contributed by atoms with Crippen LogP contribution in [0.3, 0.4) is 0 Å². The number of alkyl halides is 2. The van der Waals surface area contributed by atoms with E-state index in [1.54, 1.807) is 0 Å². The van der Waals surface area contributed by atoms with Crippen LogP contribution >= 0.6 is 23.2 Å². The lowest BCUT2D eigenvalue weighted by atomic mass is 10.1. The van der Waals surface area contributed by atoms with Crippen molar-refractivity contribution in [2.75, 3.05) is 13.7 Å². The zero-order valence-electron chi connectivity index (χ0n) is 7.73. The Morgan fingerprint density at radius 1 is 1.33 bits per heavy atom. The van der Waals surface area contributed by atoms with Crippen molar-refractivity contribution in [2.24, 2.45) is 0 Å². The second kappa shape index (κ2) is 4.51. The van der Waals surface area contributed by atoms with Gasteiger partial charge in [-0.2, -0.15) is 8.78 Å². The molecule has 1 aromatic carbocycles. The maximum atomic E-state index is 13.1. The summed E-state index contributed by atoms with van der Waals surface area (Å²) in [5, 5.41) is 8.33. The fraction of sp³-hybridized carbons (Fsp3) is 0.333. The summed E-state index contributed by atoms with van der Waals surface area (Å²) in [4.78, 5) is 0. The molecule has 0 aliphatic carbocycles. The maximum Gasteiger partial charge on any atom is 0.297 e. The van der Waals surface area contributed by atoms with E-state index in [0.29, 0.717) is 0 Å². The number of methoxy groups -OCH3 is 1. The van der Waals surface area contributed by atoms with Gasteiger partial charge in [0.2, 0.25) is 0 Å². The molecule has 0 spiro atoms. The van der Waals surface area contributed by atoms with Crippen LogP contribution in [0.15, 0.2) is 12.1 Å². The summed E-state index contributed by atoms with van der Waals surface area (Å²) < 4.78 is 31.1. The monoisotopic (exact) mass is 256 g/mol. The number of hydrogen-bond donors (Lipinski definition) is 1. The number of halogens is 4. The fourth-order valence-corrected chi connectivity index (χ4v) is 1.58. The van der Waals surface area contributed by atoms with Crippen LogP contribution in [-0.2, 0) is 5.92 Å². The lowest BCUT2D eigenvalue weighted by Gasteiger charge is -2.16. The predicted octanol–water partition coefficient (Wildman–Crippen LogP) is 3.09. The van der Waals surface area contributed by atoms with Gasteiger partial charge >= 0.3 is 0 Å². The molecule has 0 fully saturated rings. The van der Waals surface area contributed by atoms with Crippen LogP contribution in [0.4, 0.5) is 8.78 Å². The van der Waals surface area contributed by atoms with Crippen LogP contribution in [0.1, 0.15) is 5.56 Å². The van der Waals surface area contributed by atoms with E-state index in [1.165, 1.54) is 13.2 Å². The highest BCUT2D eigenvalue weighted by molar-refractivity contribution is 6.34. The second-order valence-electron chi connectivity index (χ2n) is 2.83. The molecule has 0 aromatic heterocycles. The molecule has 0 aliphatic rings. The molecular weight excluding hydrogens is 249 g/mol. The third-order valence-electron chi connectivity index (χ3n) is 1.83. The Balaban J connectivity index is 3.28. The van der Waals surface area contributed by atoms with Gasteiger partial charge in [-0.05, 0) is 6.07 Å². The average molecular weight is 257 g/mol. The summed E-state index contributed by atoms with van der Waals surface area (Å²) in [5.74, 6) is -3.20. The minimum absolute atomic E-state index is 0.0185. The molecule has 1 aromatic rings. The van der Waals surface area contributed by atoms with Crippen molar-refractivity contribution in [1.82, 2.24) is 0 Å². The van der Waals surface area contributed by atoms with Gasteiger partial charge in [-0.3, -0.25) is 0 Å². The molecule has 0 amide bonds. The molecule has 0 heterocycles. The first-order valence-corrected chi connectivity index (χ1v) is 4.70. The van der Waals surface area contributed by atoms with E-state index < -0.39 is 18.1 Å². The summed E-state index contributed by atoms with van der Waals surface area (Å²) in [6.45, 7) is -1.32. The predicted molar refractivity (Wildman–Crippen MR) is 54.0 cm³/mol. The highest BCUT2D eigenvalue weighted by Crippen LogP contribution is 2.38. The highest BCUT2D eigenvalue weighted by atomic mass is 35.5. The lowest BCUT2D eigenvalue weighted by Crippen LogP contribution is -2.19. The Morgan fingerprint density at radius 3 is 2.40 bits per heavy atom. The van der Waals surface area contributed by atoms with E-state index in [2.05, 4.69) is 0 Å². The minimum Gasteiger partial charge on any atom is -0.495 e. The maximum absolute atomic E-state index is 13.1. The van der Waals surface area contributed by atoms with Gasteiger partial charge < -0.3 is 9.84 Å². The van der Waals surface area contributed by atoms with Gasteiger partial charge in [0.25, 0.3) is 5.92 Å². The molecule has 84 valence electrons. The molecule has 1 N–H and O–H groups in total. The van der Waals surface area contributed by atoms with Crippen molar-refractivity contribution in [1.29, 1.82) is 0 Å². The summed E-state index contributed by atoms with van der Waals surface area (Å²) in [7, 11) is 1.35. The third-order valence-corrected chi connectivity index (χ3v) is 2.44. The Bertz CT molecular complexity index is 369. The summed E-state index contributed by atoms with van der Waals surface area (Å²) in [5.41, 5.74) is -0.516. The van der Waals surface area contributed by atoms with Gasteiger partial charge in [0.05, 0.1) is 17.2 Å². The molecule has 0 unspecified atom stereocenters. The first-order valence-electron chi connectivity index (χ1n) is 3.94. The fourth-order valence-electron chi connectivity index (χ4n) is 1.05. The van der Waals surface area contributed by atoms with Crippen LogP contribution < -0.4 is 4.74 Å². The van der Waals surface area contributed by atoms with E-state index in [-0.39, 0.29) is 15.8 Å². The first-order chi connectivity index (χ1) is 6.92. The van der Waals surface area contributed by atoms with E-state index in [9.17, 15) is 8.78 Å². The number of aliphatic hydroxyl groups excluding tert-OH is 1. The van der Waals surface area contributed by atoms with Gasteiger partial charge in [0.15, 0.2) is 0 Å². The Kier molecular flexibility index (Phi) is 3.76. The molecule has 0 saturated carbocycles. The third kappa shape index (κ3) is 2.51. The normalized spacial score (nSPS) is 11.6. The molecule has 0 bridgehead atoms. The molecule has 0 saturated heterocycles. The number of rotatable bonds is 3. The molecule has 0 radical (unpaired) electrons. The number of hydrogen-bond acceptors (Lipinski definition) is 2. The number of aliphatic hydroxyl groups is 1. The second-order valence-corrected chi connectivity index (χ2v) is 3.64. The summed E-state index contributed by atoms with van der Waals surface area (Å²) in [6, 6.07) is 2.17. The number of ether oxygens (including phenoxy) is 1. The zero-order valence-corrected chi connectivity index (χ0v) is 9.24. The van der Waals surface area contributed by atoms with Crippen LogP contribution in [0.5, 0.6) is 5.75 Å². The summed E-state index contributed by atoms with van der Waals surface area (Å²) in [6.07, 6.45) is 0. The van der Waals surface area contributed by atoms with E-state index >= 15 is 0 Å². The highest BCUT2D eigenvalue weighted by Gasteiger charge is 2.33. The van der Waals surface area contributed by atoms with Gasteiger partial charge in [-0.1, -0.05) is 23.2 Å². The van der Waals surface area contributed by atoms with Crippen molar-refractivity contribution in [3.8, 4) is 5.75 Å². The van der Waals surface area contributed by atoms with E-state index in [0.717, 1.165) is 6.07 Å². The molecule has 2 nitrogen and oxygen atoms in total. The molecule has 0 atom stereocenters. The average Bonchev–Trinajstić information content (AvgIpc) is 2.20. The van der Waals surface area contributed by atoms with Crippen molar-refractivity contribution < 1.29 is 18.6 Å². The van der Waals surface area contributed by atoms with Crippen molar-refractivity contribution >= 4 is 23.2 Å². The summed E-state index contributed by atoms with van der Waals surface area (Å²) >= 11 is 11.3. The Morgan fingerprint density at radius 2 is 1.93 bits per heavy atom. The molecule has 15 heavy (non-hydrogen) atoms. The van der Waals surface area contributed by atoms with Crippen molar-refractivity contribution in [2.45, 2.75) is 5.92 Å². The standard InChI is InChI=1S/C9H8Cl2F2O2/c1-15-8-3-6(10)5(2-7(8)11)9(12,13)4-14/h2-3,14H,4H2,1H3.